The molecule has 120 valence electrons. The van der Waals surface area contributed by atoms with Gasteiger partial charge in [-0.15, -0.1) is 0 Å². The van der Waals surface area contributed by atoms with Crippen LogP contribution in [-0.2, 0) is 0 Å². The number of rotatable bonds is 8. The molecule has 0 saturated heterocycles. The van der Waals surface area contributed by atoms with Crippen molar-refractivity contribution < 1.29 is 13.2 Å². The summed E-state index contributed by atoms with van der Waals surface area (Å²) in [6.07, 6.45) is 2.31. The topological polar surface area (TPSA) is 15.3 Å². The van der Waals surface area contributed by atoms with Crippen LogP contribution in [0.15, 0.2) is 0 Å². The van der Waals surface area contributed by atoms with Crippen molar-refractivity contribution in [2.75, 3.05) is 33.2 Å². The Hall–Kier alpha value is -0.290. The number of nitrogens with zero attached hydrogens (tertiary/aromatic N) is 1. The minimum absolute atomic E-state index is 0.110. The summed E-state index contributed by atoms with van der Waals surface area (Å²) in [6.45, 7) is 4.96. The summed E-state index contributed by atoms with van der Waals surface area (Å²) in [5, 5.41) is 3.47. The fourth-order valence-electron chi connectivity index (χ4n) is 3.19. The van der Waals surface area contributed by atoms with E-state index in [1.165, 1.54) is 19.3 Å². The highest BCUT2D eigenvalue weighted by Gasteiger charge is 2.34. The highest BCUT2D eigenvalue weighted by atomic mass is 19.4. The summed E-state index contributed by atoms with van der Waals surface area (Å²) >= 11 is 0. The highest BCUT2D eigenvalue weighted by Crippen LogP contribution is 2.36. The molecule has 0 atom stereocenters. The predicted octanol–water partition coefficient (Wildman–Crippen LogP) is 3.82. The van der Waals surface area contributed by atoms with E-state index >= 15 is 0 Å². The van der Waals surface area contributed by atoms with Crippen LogP contribution < -0.4 is 5.32 Å². The van der Waals surface area contributed by atoms with Crippen LogP contribution in [-0.4, -0.2) is 44.3 Å². The second-order valence-corrected chi connectivity index (χ2v) is 6.34. The van der Waals surface area contributed by atoms with E-state index in [1.54, 1.807) is 0 Å². The van der Waals surface area contributed by atoms with Gasteiger partial charge in [0, 0.05) is 19.6 Å². The van der Waals surface area contributed by atoms with Gasteiger partial charge in [-0.05, 0) is 38.3 Å². The molecule has 0 aliphatic heterocycles. The predicted molar refractivity (Wildman–Crippen MR) is 76.8 cm³/mol. The lowest BCUT2D eigenvalue weighted by Crippen LogP contribution is -2.45. The smallest absolute Gasteiger partial charge is 0.316 e. The van der Waals surface area contributed by atoms with Gasteiger partial charge in [0.15, 0.2) is 0 Å². The van der Waals surface area contributed by atoms with Crippen molar-refractivity contribution in [1.29, 1.82) is 0 Å². The third-order valence-electron chi connectivity index (χ3n) is 4.22. The standard InChI is InChI=1S/C15H29F3N2/c1-3-10-19-12-14(7-5-4-6-8-14)13-20(2)11-9-15(16,17)18/h19H,3-13H2,1-2H3. The molecule has 0 amide bonds. The van der Waals surface area contributed by atoms with Gasteiger partial charge in [-0.3, -0.25) is 0 Å². The quantitative estimate of drug-likeness (QED) is 0.685. The molecule has 5 heteroatoms. The lowest BCUT2D eigenvalue weighted by Gasteiger charge is -2.40. The summed E-state index contributed by atoms with van der Waals surface area (Å²) in [7, 11) is 1.82. The molecule has 1 rings (SSSR count). The van der Waals surface area contributed by atoms with Gasteiger partial charge in [0.2, 0.25) is 0 Å². The van der Waals surface area contributed by atoms with Crippen molar-refractivity contribution in [1.82, 2.24) is 10.2 Å². The first-order valence-electron chi connectivity index (χ1n) is 7.83. The zero-order valence-electron chi connectivity index (χ0n) is 12.9. The van der Waals surface area contributed by atoms with Crippen LogP contribution in [0.1, 0.15) is 51.9 Å². The molecule has 0 heterocycles. The number of hydrogen-bond acceptors (Lipinski definition) is 2. The molecular weight excluding hydrogens is 265 g/mol. The van der Waals surface area contributed by atoms with Crippen molar-refractivity contribution in [2.45, 2.75) is 58.0 Å². The second-order valence-electron chi connectivity index (χ2n) is 6.34. The molecule has 0 spiro atoms. The van der Waals surface area contributed by atoms with Crippen LogP contribution in [0.5, 0.6) is 0 Å². The summed E-state index contributed by atoms with van der Waals surface area (Å²) in [4.78, 5) is 1.87. The molecule has 0 aromatic rings. The Bertz CT molecular complexity index is 260. The van der Waals surface area contributed by atoms with Crippen LogP contribution in [0, 0.1) is 5.41 Å². The van der Waals surface area contributed by atoms with E-state index < -0.39 is 12.6 Å². The maximum Gasteiger partial charge on any atom is 0.390 e. The van der Waals surface area contributed by atoms with Crippen molar-refractivity contribution >= 4 is 0 Å². The number of nitrogens with one attached hydrogen (secondary N) is 1. The Morgan fingerprint density at radius 2 is 1.80 bits per heavy atom. The number of halogens is 3. The molecule has 0 unspecified atom stereocenters. The van der Waals surface area contributed by atoms with E-state index in [0.29, 0.717) is 0 Å². The van der Waals surface area contributed by atoms with Gasteiger partial charge in [-0.2, -0.15) is 13.2 Å². The first kappa shape index (κ1) is 17.8. The van der Waals surface area contributed by atoms with Crippen LogP contribution in [0.25, 0.3) is 0 Å². The van der Waals surface area contributed by atoms with Gasteiger partial charge in [0.1, 0.15) is 0 Å². The maximum atomic E-state index is 12.3. The number of alkyl halides is 3. The van der Waals surface area contributed by atoms with E-state index in [1.807, 2.05) is 11.9 Å². The molecule has 1 saturated carbocycles. The van der Waals surface area contributed by atoms with Crippen molar-refractivity contribution in [2.24, 2.45) is 5.41 Å². The van der Waals surface area contributed by atoms with Crippen molar-refractivity contribution in [3.8, 4) is 0 Å². The van der Waals surface area contributed by atoms with Crippen LogP contribution in [0.2, 0.25) is 0 Å². The Balaban J connectivity index is 2.46. The molecule has 0 aromatic carbocycles. The molecule has 20 heavy (non-hydrogen) atoms. The lowest BCUT2D eigenvalue weighted by atomic mass is 9.73. The maximum absolute atomic E-state index is 12.3. The summed E-state index contributed by atoms with van der Waals surface area (Å²) in [5.74, 6) is 0. The lowest BCUT2D eigenvalue weighted by molar-refractivity contribution is -0.138. The van der Waals surface area contributed by atoms with Gasteiger partial charge >= 0.3 is 6.18 Å². The number of hydrogen-bond donors (Lipinski definition) is 1. The molecule has 1 aliphatic carbocycles. The monoisotopic (exact) mass is 294 g/mol. The Labute approximate surface area is 121 Å². The Morgan fingerprint density at radius 1 is 1.15 bits per heavy atom. The first-order chi connectivity index (χ1) is 9.37. The van der Waals surface area contributed by atoms with E-state index in [0.717, 1.165) is 38.9 Å². The summed E-state index contributed by atoms with van der Waals surface area (Å²) in [6, 6.07) is 0. The van der Waals surface area contributed by atoms with Gasteiger partial charge in [-0.25, -0.2) is 0 Å². The second kappa shape index (κ2) is 8.23. The van der Waals surface area contributed by atoms with Gasteiger partial charge in [0.25, 0.3) is 0 Å². The molecule has 2 nitrogen and oxygen atoms in total. The molecule has 1 N–H and O–H groups in total. The van der Waals surface area contributed by atoms with Crippen LogP contribution in [0.3, 0.4) is 0 Å². The fourth-order valence-corrected chi connectivity index (χ4v) is 3.19. The zero-order chi connectivity index (χ0) is 15.1. The Kier molecular flexibility index (Phi) is 7.30. The third kappa shape index (κ3) is 6.93. The van der Waals surface area contributed by atoms with Gasteiger partial charge in [-0.1, -0.05) is 26.2 Å². The summed E-state index contributed by atoms with van der Waals surface area (Å²) < 4.78 is 36.9. The van der Waals surface area contributed by atoms with Crippen molar-refractivity contribution in [3.63, 3.8) is 0 Å². The van der Waals surface area contributed by atoms with E-state index in [-0.39, 0.29) is 12.0 Å². The minimum Gasteiger partial charge on any atom is -0.316 e. The van der Waals surface area contributed by atoms with Crippen LogP contribution in [0.4, 0.5) is 13.2 Å². The minimum atomic E-state index is -4.05. The normalized spacial score (nSPS) is 19.5. The molecule has 0 radical (unpaired) electrons. The molecular formula is C15H29F3N2. The molecule has 1 aliphatic rings. The average Bonchev–Trinajstić information content (AvgIpc) is 2.37. The fraction of sp³-hybridized carbons (Fsp3) is 1.00. The van der Waals surface area contributed by atoms with Crippen molar-refractivity contribution in [3.05, 3.63) is 0 Å². The Morgan fingerprint density at radius 3 is 2.35 bits per heavy atom. The van der Waals surface area contributed by atoms with Gasteiger partial charge < -0.3 is 10.2 Å². The largest absolute Gasteiger partial charge is 0.390 e. The first-order valence-corrected chi connectivity index (χ1v) is 7.83. The molecule has 1 fully saturated rings. The van der Waals surface area contributed by atoms with Crippen LogP contribution >= 0.6 is 0 Å². The molecule has 0 bridgehead atoms. The zero-order valence-corrected chi connectivity index (χ0v) is 12.9. The third-order valence-corrected chi connectivity index (χ3v) is 4.22. The van der Waals surface area contributed by atoms with E-state index in [4.69, 9.17) is 0 Å². The van der Waals surface area contributed by atoms with E-state index in [2.05, 4.69) is 12.2 Å². The molecule has 0 aromatic heterocycles. The summed E-state index contributed by atoms with van der Waals surface area (Å²) in [5.41, 5.74) is 0.174. The van der Waals surface area contributed by atoms with Gasteiger partial charge in [0.05, 0.1) is 6.42 Å². The van der Waals surface area contributed by atoms with E-state index in [9.17, 15) is 13.2 Å². The SMILES string of the molecule is CCCNCC1(CN(C)CCC(F)(F)F)CCCCC1. The highest BCUT2D eigenvalue weighted by molar-refractivity contribution is 4.87. The average molecular weight is 294 g/mol.